The molecule has 0 aliphatic rings. The monoisotopic (exact) mass is 531 g/mol. The molecular formula is C21H24Br2ClNO3. The molecule has 0 spiro atoms. The number of carboxylic acids is 1. The van der Waals surface area contributed by atoms with Crippen LogP contribution in [0.4, 0.5) is 5.69 Å². The lowest BCUT2D eigenvalue weighted by Gasteiger charge is -2.21. The summed E-state index contributed by atoms with van der Waals surface area (Å²) >= 11 is 13.6. The highest BCUT2D eigenvalue weighted by Gasteiger charge is 2.14. The van der Waals surface area contributed by atoms with E-state index in [2.05, 4.69) is 57.9 Å². The van der Waals surface area contributed by atoms with Crippen molar-refractivity contribution < 1.29 is 14.6 Å². The van der Waals surface area contributed by atoms with Gasteiger partial charge in [-0.2, -0.15) is 0 Å². The van der Waals surface area contributed by atoms with E-state index in [1.54, 1.807) is 0 Å². The molecule has 0 aliphatic heterocycles. The minimum atomic E-state index is -0.817. The van der Waals surface area contributed by atoms with Crippen LogP contribution in [0.1, 0.15) is 38.3 Å². The Balaban J connectivity index is 2.12. The number of nitrogens with one attached hydrogen (secondary N) is 1. The first kappa shape index (κ1) is 23.0. The molecule has 0 amide bonds. The maximum absolute atomic E-state index is 10.8. The number of halogens is 3. The van der Waals surface area contributed by atoms with Gasteiger partial charge in [-0.15, -0.1) is 0 Å². The molecule has 2 rings (SSSR count). The van der Waals surface area contributed by atoms with E-state index in [4.69, 9.17) is 21.4 Å². The third kappa shape index (κ3) is 6.39. The van der Waals surface area contributed by atoms with E-state index in [0.717, 1.165) is 25.8 Å². The van der Waals surface area contributed by atoms with Gasteiger partial charge in [0.05, 0.1) is 19.7 Å². The SMILES string of the molecule is CC(C)C(C)Nc1cccc(COc2c(Br)cc(CCC(=O)O)cc2Br)c1Cl. The first-order valence-corrected chi connectivity index (χ1v) is 11.0. The number of carboxylic acid groups (broad SMARTS) is 1. The molecule has 0 fully saturated rings. The smallest absolute Gasteiger partial charge is 0.303 e. The van der Waals surface area contributed by atoms with Crippen LogP contribution in [0.2, 0.25) is 5.02 Å². The Hall–Kier alpha value is -1.24. The number of aryl methyl sites for hydroxylation is 1. The summed E-state index contributed by atoms with van der Waals surface area (Å²) < 4.78 is 7.53. The van der Waals surface area contributed by atoms with Crippen molar-refractivity contribution in [2.24, 2.45) is 5.92 Å². The van der Waals surface area contributed by atoms with Gasteiger partial charge in [0.2, 0.25) is 0 Å². The summed E-state index contributed by atoms with van der Waals surface area (Å²) in [6.07, 6.45) is 0.545. The fraction of sp³-hybridized carbons (Fsp3) is 0.381. The van der Waals surface area contributed by atoms with E-state index < -0.39 is 5.97 Å². The number of ether oxygens (including phenoxy) is 1. The maximum Gasteiger partial charge on any atom is 0.303 e. The third-order valence-electron chi connectivity index (χ3n) is 4.52. The van der Waals surface area contributed by atoms with Gasteiger partial charge in [-0.25, -0.2) is 0 Å². The highest BCUT2D eigenvalue weighted by molar-refractivity contribution is 9.11. The average Bonchev–Trinajstić information content (AvgIpc) is 2.61. The molecule has 4 nitrogen and oxygen atoms in total. The van der Waals surface area contributed by atoms with E-state index in [1.807, 2.05) is 30.3 Å². The molecule has 1 unspecified atom stereocenters. The van der Waals surface area contributed by atoms with Crippen molar-refractivity contribution in [2.75, 3.05) is 5.32 Å². The molecule has 2 aromatic carbocycles. The molecular weight excluding hydrogens is 509 g/mol. The van der Waals surface area contributed by atoms with Crippen LogP contribution >= 0.6 is 43.5 Å². The summed E-state index contributed by atoms with van der Waals surface area (Å²) in [6.45, 7) is 6.77. The first-order chi connectivity index (χ1) is 13.2. The lowest BCUT2D eigenvalue weighted by Crippen LogP contribution is -2.21. The molecule has 28 heavy (non-hydrogen) atoms. The molecule has 7 heteroatoms. The zero-order valence-corrected chi connectivity index (χ0v) is 20.0. The van der Waals surface area contributed by atoms with Crippen LogP contribution in [-0.4, -0.2) is 17.1 Å². The lowest BCUT2D eigenvalue weighted by atomic mass is 10.1. The molecule has 2 N–H and O–H groups in total. The summed E-state index contributed by atoms with van der Waals surface area (Å²) in [5.41, 5.74) is 2.70. The second-order valence-corrected chi connectivity index (χ2v) is 9.11. The van der Waals surface area contributed by atoms with E-state index in [9.17, 15) is 4.79 Å². The maximum atomic E-state index is 10.8. The molecule has 0 aliphatic carbocycles. The van der Waals surface area contributed by atoms with Crippen LogP contribution < -0.4 is 10.1 Å². The van der Waals surface area contributed by atoms with Gasteiger partial charge in [0.25, 0.3) is 0 Å². The van der Waals surface area contributed by atoms with Crippen molar-refractivity contribution in [3.8, 4) is 5.75 Å². The Labute approximate surface area is 187 Å². The normalized spacial score (nSPS) is 12.1. The highest BCUT2D eigenvalue weighted by atomic mass is 79.9. The second-order valence-electron chi connectivity index (χ2n) is 7.03. The molecule has 1 atom stereocenters. The van der Waals surface area contributed by atoms with Crippen molar-refractivity contribution in [3.05, 3.63) is 55.4 Å². The van der Waals surface area contributed by atoms with E-state index in [0.29, 0.717) is 35.8 Å². The number of rotatable bonds is 9. The van der Waals surface area contributed by atoms with Crippen LogP contribution in [0, 0.1) is 5.92 Å². The zero-order valence-electron chi connectivity index (χ0n) is 16.1. The Morgan fingerprint density at radius 1 is 1.21 bits per heavy atom. The van der Waals surface area contributed by atoms with Crippen molar-refractivity contribution in [1.82, 2.24) is 0 Å². The predicted molar refractivity (Wildman–Crippen MR) is 122 cm³/mol. The number of hydrogen-bond donors (Lipinski definition) is 2. The van der Waals surface area contributed by atoms with Gasteiger partial charge in [-0.1, -0.05) is 37.6 Å². The quantitative estimate of drug-likeness (QED) is 0.367. The fourth-order valence-corrected chi connectivity index (χ4v) is 4.26. The largest absolute Gasteiger partial charge is 0.486 e. The predicted octanol–water partition coefficient (Wildman–Crippen LogP) is 6.92. The molecule has 0 saturated heterocycles. The van der Waals surface area contributed by atoms with Crippen molar-refractivity contribution in [3.63, 3.8) is 0 Å². The van der Waals surface area contributed by atoms with Gasteiger partial charge in [0.1, 0.15) is 12.4 Å². The summed E-state index contributed by atoms with van der Waals surface area (Å²) in [6, 6.07) is 9.93. The van der Waals surface area contributed by atoms with Crippen molar-refractivity contribution in [1.29, 1.82) is 0 Å². The molecule has 0 bridgehead atoms. The number of benzene rings is 2. The minimum absolute atomic E-state index is 0.0866. The van der Waals surface area contributed by atoms with Crippen LogP contribution in [0.25, 0.3) is 0 Å². The molecule has 0 saturated carbocycles. The minimum Gasteiger partial charge on any atom is -0.486 e. The number of aliphatic carboxylic acids is 1. The number of hydrogen-bond acceptors (Lipinski definition) is 3. The lowest BCUT2D eigenvalue weighted by molar-refractivity contribution is -0.136. The first-order valence-electron chi connectivity index (χ1n) is 9.05. The van der Waals surface area contributed by atoms with Crippen LogP contribution in [0.15, 0.2) is 39.3 Å². The van der Waals surface area contributed by atoms with Crippen LogP contribution in [-0.2, 0) is 17.8 Å². The topological polar surface area (TPSA) is 58.6 Å². The Kier molecular flexibility index (Phi) is 8.65. The molecule has 0 heterocycles. The van der Waals surface area contributed by atoms with Gasteiger partial charge >= 0.3 is 5.97 Å². The molecule has 2 aromatic rings. The van der Waals surface area contributed by atoms with Gasteiger partial charge in [0, 0.05) is 18.0 Å². The standard InChI is InChI=1S/C21H24Br2ClNO3/c1-12(2)13(3)25-18-6-4-5-15(20(18)24)11-28-21-16(22)9-14(10-17(21)23)7-8-19(26)27/h4-6,9-10,12-13,25H,7-8,11H2,1-3H3,(H,26,27). The second kappa shape index (κ2) is 10.5. The Morgan fingerprint density at radius 2 is 1.86 bits per heavy atom. The van der Waals surface area contributed by atoms with Gasteiger partial charge < -0.3 is 15.2 Å². The summed E-state index contributed by atoms with van der Waals surface area (Å²) in [4.78, 5) is 10.8. The molecule has 0 radical (unpaired) electrons. The molecule has 152 valence electrons. The summed E-state index contributed by atoms with van der Waals surface area (Å²) in [5, 5.41) is 12.9. The zero-order chi connectivity index (χ0) is 20.8. The van der Waals surface area contributed by atoms with E-state index >= 15 is 0 Å². The molecule has 0 aromatic heterocycles. The summed E-state index contributed by atoms with van der Waals surface area (Å²) in [5.74, 6) is 0.328. The Morgan fingerprint density at radius 3 is 2.43 bits per heavy atom. The van der Waals surface area contributed by atoms with E-state index in [-0.39, 0.29) is 6.42 Å². The average molecular weight is 534 g/mol. The van der Waals surface area contributed by atoms with Gasteiger partial charge in [-0.05, 0) is 74.9 Å². The third-order valence-corrected chi connectivity index (χ3v) is 6.14. The number of anilines is 1. The fourth-order valence-electron chi connectivity index (χ4n) is 2.51. The Bertz CT molecular complexity index is 819. The number of carbonyl (C=O) groups is 1. The van der Waals surface area contributed by atoms with Gasteiger partial charge in [0.15, 0.2) is 0 Å². The summed E-state index contributed by atoms with van der Waals surface area (Å²) in [7, 11) is 0. The van der Waals surface area contributed by atoms with Crippen LogP contribution in [0.5, 0.6) is 5.75 Å². The van der Waals surface area contributed by atoms with Gasteiger partial charge in [-0.3, -0.25) is 4.79 Å². The van der Waals surface area contributed by atoms with Crippen molar-refractivity contribution >= 4 is 55.1 Å². The van der Waals surface area contributed by atoms with Crippen molar-refractivity contribution in [2.45, 2.75) is 46.3 Å². The highest BCUT2D eigenvalue weighted by Crippen LogP contribution is 2.36. The van der Waals surface area contributed by atoms with Crippen LogP contribution in [0.3, 0.4) is 0 Å². The van der Waals surface area contributed by atoms with E-state index in [1.165, 1.54) is 0 Å².